The van der Waals surface area contributed by atoms with Gasteiger partial charge in [-0.15, -0.1) is 0 Å². The van der Waals surface area contributed by atoms with E-state index in [4.69, 9.17) is 4.99 Å². The van der Waals surface area contributed by atoms with Gasteiger partial charge in [0.2, 0.25) is 0 Å². The van der Waals surface area contributed by atoms with Crippen molar-refractivity contribution in [2.45, 2.75) is 103 Å². The largest absolute Gasteiger partial charge is 0.393 e. The molecule has 4 aliphatic carbocycles. The number of aliphatic hydroxyl groups is 1. The average molecular weight is 358 g/mol. The molecule has 0 heterocycles. The molecule has 2 nitrogen and oxygen atoms in total. The van der Waals surface area contributed by atoms with Crippen molar-refractivity contribution < 1.29 is 5.11 Å². The highest BCUT2D eigenvalue weighted by atomic mass is 16.3. The molecule has 0 aromatic carbocycles. The van der Waals surface area contributed by atoms with Crippen molar-refractivity contribution in [2.24, 2.45) is 33.6 Å². The predicted octanol–water partition coefficient (Wildman–Crippen LogP) is 5.94. The van der Waals surface area contributed by atoms with Crippen LogP contribution in [0.5, 0.6) is 0 Å². The number of hydrogen-bond acceptors (Lipinski definition) is 2. The van der Waals surface area contributed by atoms with Crippen LogP contribution in [0.3, 0.4) is 0 Å². The molecule has 2 unspecified atom stereocenters. The molecule has 146 valence electrons. The van der Waals surface area contributed by atoms with Crippen molar-refractivity contribution in [3.8, 4) is 0 Å². The summed E-state index contributed by atoms with van der Waals surface area (Å²) in [5.74, 6) is 2.09. The van der Waals surface area contributed by atoms with E-state index in [2.05, 4.69) is 26.6 Å². The van der Waals surface area contributed by atoms with Crippen LogP contribution in [0.1, 0.15) is 90.9 Å². The molecule has 0 aromatic heterocycles. The number of allylic oxidation sites excluding steroid dienone is 1. The lowest BCUT2D eigenvalue weighted by atomic mass is 9.53. The van der Waals surface area contributed by atoms with Crippen molar-refractivity contribution >= 4 is 6.21 Å². The topological polar surface area (TPSA) is 32.6 Å². The first kappa shape index (κ1) is 18.7. The molecule has 0 bridgehead atoms. The highest BCUT2D eigenvalue weighted by Crippen LogP contribution is 2.60. The molecule has 6 atom stereocenters. The lowest BCUT2D eigenvalue weighted by molar-refractivity contribution is -0.0245. The number of nitrogens with zero attached hydrogens (tertiary/aromatic N) is 1. The summed E-state index contributed by atoms with van der Waals surface area (Å²) in [4.78, 5) is 5.01. The van der Waals surface area contributed by atoms with E-state index in [9.17, 15) is 5.11 Å². The van der Waals surface area contributed by atoms with Gasteiger partial charge < -0.3 is 5.11 Å². The van der Waals surface area contributed by atoms with Crippen molar-refractivity contribution in [3.63, 3.8) is 0 Å². The summed E-state index contributed by atoms with van der Waals surface area (Å²) in [6, 6.07) is 0.561. The number of fused-ring (bicyclic) bond motifs is 1. The van der Waals surface area contributed by atoms with Crippen LogP contribution >= 0.6 is 0 Å². The number of hydrogen-bond donors (Lipinski definition) is 1. The van der Waals surface area contributed by atoms with Crippen molar-refractivity contribution in [3.05, 3.63) is 12.2 Å². The third kappa shape index (κ3) is 3.21. The minimum Gasteiger partial charge on any atom is -0.393 e. The van der Waals surface area contributed by atoms with E-state index in [1.54, 1.807) is 0 Å². The molecule has 4 saturated carbocycles. The highest BCUT2D eigenvalue weighted by Gasteiger charge is 2.51. The Morgan fingerprint density at radius 1 is 1.00 bits per heavy atom. The molecule has 4 rings (SSSR count). The molecule has 0 saturated heterocycles. The Labute approximate surface area is 160 Å². The Bertz CT molecular complexity index is 563. The molecule has 0 aliphatic heterocycles. The van der Waals surface area contributed by atoms with E-state index >= 15 is 0 Å². The van der Waals surface area contributed by atoms with Gasteiger partial charge in [0.25, 0.3) is 0 Å². The Morgan fingerprint density at radius 2 is 1.77 bits per heavy atom. The Hall–Kier alpha value is -0.630. The first-order valence-electron chi connectivity index (χ1n) is 11.3. The zero-order chi connectivity index (χ0) is 18.4. The van der Waals surface area contributed by atoms with E-state index < -0.39 is 0 Å². The monoisotopic (exact) mass is 357 g/mol. The van der Waals surface area contributed by atoms with Crippen molar-refractivity contribution in [2.75, 3.05) is 0 Å². The maximum atomic E-state index is 10.4. The summed E-state index contributed by atoms with van der Waals surface area (Å²) < 4.78 is 0. The van der Waals surface area contributed by atoms with Crippen LogP contribution in [-0.2, 0) is 0 Å². The molecule has 26 heavy (non-hydrogen) atoms. The van der Waals surface area contributed by atoms with Gasteiger partial charge in [-0.05, 0) is 86.9 Å². The van der Waals surface area contributed by atoms with Gasteiger partial charge in [-0.1, -0.05) is 38.8 Å². The lowest BCUT2D eigenvalue weighted by Crippen LogP contribution is -2.46. The van der Waals surface area contributed by atoms with Gasteiger partial charge in [-0.2, -0.15) is 0 Å². The third-order valence-corrected chi connectivity index (χ3v) is 9.21. The van der Waals surface area contributed by atoms with E-state index in [-0.39, 0.29) is 6.10 Å². The van der Waals surface area contributed by atoms with E-state index in [1.165, 1.54) is 69.8 Å². The summed E-state index contributed by atoms with van der Waals surface area (Å²) in [7, 11) is 0. The first-order valence-corrected chi connectivity index (χ1v) is 11.3. The number of aliphatic imine (C=N–C) groups is 1. The second-order valence-corrected chi connectivity index (χ2v) is 10.5. The van der Waals surface area contributed by atoms with Gasteiger partial charge in [0.1, 0.15) is 0 Å². The van der Waals surface area contributed by atoms with Gasteiger partial charge in [0.15, 0.2) is 0 Å². The van der Waals surface area contributed by atoms with Crippen LogP contribution < -0.4 is 0 Å². The Balaban J connectivity index is 1.51. The van der Waals surface area contributed by atoms with Gasteiger partial charge >= 0.3 is 0 Å². The zero-order valence-electron chi connectivity index (χ0n) is 17.1. The molecule has 4 aliphatic rings. The molecular weight excluding hydrogens is 318 g/mol. The lowest BCUT2D eigenvalue weighted by Gasteiger charge is -2.52. The van der Waals surface area contributed by atoms with E-state index in [1.807, 2.05) is 0 Å². The fourth-order valence-electron chi connectivity index (χ4n) is 6.89. The van der Waals surface area contributed by atoms with Crippen LogP contribution in [0.15, 0.2) is 17.1 Å². The Kier molecular flexibility index (Phi) is 5.09. The summed E-state index contributed by atoms with van der Waals surface area (Å²) in [5, 5.41) is 10.4. The average Bonchev–Trinajstić information content (AvgIpc) is 3.24. The fourth-order valence-corrected chi connectivity index (χ4v) is 6.89. The first-order chi connectivity index (χ1) is 12.4. The maximum absolute atomic E-state index is 10.4. The molecule has 1 N–H and O–H groups in total. The molecular formula is C24H39NO. The number of rotatable bonds is 3. The van der Waals surface area contributed by atoms with E-state index in [0.29, 0.717) is 22.8 Å². The SMILES string of the molecule is C=C1CCC2CC([C@@]3(C)CC[C@H](O)C[C@@H]3C=NC3CCCC3)CC[C@]12C. The van der Waals surface area contributed by atoms with Crippen LogP contribution in [0.25, 0.3) is 0 Å². The minimum absolute atomic E-state index is 0.122. The Morgan fingerprint density at radius 3 is 2.54 bits per heavy atom. The van der Waals surface area contributed by atoms with Gasteiger partial charge in [0, 0.05) is 18.2 Å². The maximum Gasteiger partial charge on any atom is 0.0546 e. The second-order valence-electron chi connectivity index (χ2n) is 10.5. The molecule has 0 radical (unpaired) electrons. The predicted molar refractivity (Wildman–Crippen MR) is 110 cm³/mol. The summed E-state index contributed by atoms with van der Waals surface area (Å²) in [6.45, 7) is 9.42. The second kappa shape index (κ2) is 7.08. The van der Waals surface area contributed by atoms with E-state index in [0.717, 1.165) is 24.7 Å². The molecule has 0 amide bonds. The summed E-state index contributed by atoms with van der Waals surface area (Å²) >= 11 is 0. The van der Waals surface area contributed by atoms with Crippen LogP contribution in [0.4, 0.5) is 0 Å². The normalized spacial score (nSPS) is 47.6. The van der Waals surface area contributed by atoms with Crippen molar-refractivity contribution in [1.82, 2.24) is 0 Å². The third-order valence-electron chi connectivity index (χ3n) is 9.21. The quantitative estimate of drug-likeness (QED) is 0.492. The van der Waals surface area contributed by atoms with Gasteiger partial charge in [0.05, 0.1) is 6.10 Å². The van der Waals surface area contributed by atoms with Crippen LogP contribution in [0.2, 0.25) is 0 Å². The number of aliphatic hydroxyl groups excluding tert-OH is 1. The summed E-state index contributed by atoms with van der Waals surface area (Å²) in [5.41, 5.74) is 2.26. The standard InChI is InChI=1S/C24H39NO/c1-17-8-9-18-14-19(10-12-23(17,18)2)24(3)13-11-22(26)15-20(24)16-25-21-6-4-5-7-21/h16,18-22,26H,1,4-15H2,2-3H3/t18?,19?,20-,22+,23-,24-/m1/s1. The molecule has 2 heteroatoms. The molecule has 0 aromatic rings. The molecule has 4 fully saturated rings. The van der Waals surface area contributed by atoms with Crippen molar-refractivity contribution in [1.29, 1.82) is 0 Å². The fraction of sp³-hybridized carbons (Fsp3) is 0.875. The molecule has 0 spiro atoms. The zero-order valence-corrected chi connectivity index (χ0v) is 17.1. The summed E-state index contributed by atoms with van der Waals surface area (Å²) in [6.07, 6.45) is 17.1. The minimum atomic E-state index is -0.122. The van der Waals surface area contributed by atoms with Crippen LogP contribution in [-0.4, -0.2) is 23.5 Å². The highest BCUT2D eigenvalue weighted by molar-refractivity contribution is 5.63. The smallest absolute Gasteiger partial charge is 0.0546 e. The van der Waals surface area contributed by atoms with Gasteiger partial charge in [-0.3, -0.25) is 4.99 Å². The van der Waals surface area contributed by atoms with Gasteiger partial charge in [-0.25, -0.2) is 0 Å². The van der Waals surface area contributed by atoms with Crippen LogP contribution in [0, 0.1) is 28.6 Å².